The average molecular weight is 496 g/mol. The van der Waals surface area contributed by atoms with Gasteiger partial charge in [0.1, 0.15) is 0 Å². The summed E-state index contributed by atoms with van der Waals surface area (Å²) in [5.74, 6) is 0.840. The Labute approximate surface area is 218 Å². The van der Waals surface area contributed by atoms with Crippen molar-refractivity contribution in [3.05, 3.63) is 78.0 Å². The lowest BCUT2D eigenvalue weighted by Gasteiger charge is -2.36. The molecule has 1 N–H and O–H groups in total. The van der Waals surface area contributed by atoms with Gasteiger partial charge in [-0.25, -0.2) is 4.98 Å². The van der Waals surface area contributed by atoms with Crippen molar-refractivity contribution in [2.24, 2.45) is 0 Å². The van der Waals surface area contributed by atoms with Crippen molar-refractivity contribution < 1.29 is 9.59 Å². The van der Waals surface area contributed by atoms with Crippen molar-refractivity contribution in [2.45, 2.75) is 38.3 Å². The molecule has 2 aromatic carbocycles. The van der Waals surface area contributed by atoms with Gasteiger partial charge in [-0.1, -0.05) is 42.5 Å². The van der Waals surface area contributed by atoms with E-state index in [1.165, 1.54) is 25.9 Å². The number of carbonyl (C=O) groups is 2. The minimum Gasteiger partial charge on any atom is -0.359 e. The molecule has 3 aliphatic heterocycles. The monoisotopic (exact) mass is 495 g/mol. The number of benzene rings is 2. The van der Waals surface area contributed by atoms with E-state index in [1.807, 2.05) is 71.8 Å². The molecule has 7 heteroatoms. The summed E-state index contributed by atoms with van der Waals surface area (Å²) >= 11 is 0. The summed E-state index contributed by atoms with van der Waals surface area (Å²) in [6.45, 7) is 4.82. The number of fused-ring (bicyclic) bond motifs is 1. The molecule has 0 saturated carbocycles. The van der Waals surface area contributed by atoms with Gasteiger partial charge >= 0.3 is 0 Å². The molecule has 1 aromatic heterocycles. The summed E-state index contributed by atoms with van der Waals surface area (Å²) < 4.78 is 0. The van der Waals surface area contributed by atoms with Gasteiger partial charge in [0, 0.05) is 36.5 Å². The SMILES string of the molecule is O=C(c1ccc(-c2cnc3c(c2)N(Cc2ccccc2)C(=O)CN3)cc1)N1CCC(N2CCCC2)CC1. The summed E-state index contributed by atoms with van der Waals surface area (Å²) in [5, 5.41) is 3.13. The Morgan fingerprint density at radius 1 is 0.919 bits per heavy atom. The zero-order chi connectivity index (χ0) is 25.2. The lowest BCUT2D eigenvalue weighted by molar-refractivity contribution is -0.117. The van der Waals surface area contributed by atoms with Gasteiger partial charge < -0.3 is 20.0 Å². The molecule has 2 amide bonds. The molecular formula is C30H33N5O2. The predicted octanol–water partition coefficient (Wildman–Crippen LogP) is 4.41. The highest BCUT2D eigenvalue weighted by Gasteiger charge is 2.29. The van der Waals surface area contributed by atoms with Crippen LogP contribution in [-0.4, -0.2) is 65.4 Å². The fourth-order valence-electron chi connectivity index (χ4n) is 5.81. The number of anilines is 2. The molecule has 190 valence electrons. The number of carbonyl (C=O) groups excluding carboxylic acids is 2. The maximum atomic E-state index is 13.2. The van der Waals surface area contributed by atoms with Crippen molar-refractivity contribution in [3.63, 3.8) is 0 Å². The largest absolute Gasteiger partial charge is 0.359 e. The molecule has 4 heterocycles. The van der Waals surface area contributed by atoms with Crippen LogP contribution >= 0.6 is 0 Å². The van der Waals surface area contributed by atoms with E-state index in [0.29, 0.717) is 18.4 Å². The highest BCUT2D eigenvalue weighted by Crippen LogP contribution is 2.33. The van der Waals surface area contributed by atoms with Crippen molar-refractivity contribution in [1.29, 1.82) is 0 Å². The van der Waals surface area contributed by atoms with Gasteiger partial charge in [-0.3, -0.25) is 9.59 Å². The van der Waals surface area contributed by atoms with Gasteiger partial charge in [-0.05, 0) is 68.1 Å². The fourth-order valence-corrected chi connectivity index (χ4v) is 5.81. The Morgan fingerprint density at radius 2 is 1.65 bits per heavy atom. The molecule has 0 spiro atoms. The molecule has 0 atom stereocenters. The Hall–Kier alpha value is -3.71. The first-order chi connectivity index (χ1) is 18.2. The molecule has 2 fully saturated rings. The Kier molecular flexibility index (Phi) is 6.62. The van der Waals surface area contributed by atoms with Gasteiger partial charge in [0.05, 0.1) is 18.8 Å². The summed E-state index contributed by atoms with van der Waals surface area (Å²) in [7, 11) is 0. The van der Waals surface area contributed by atoms with Crippen LogP contribution in [0.2, 0.25) is 0 Å². The molecule has 37 heavy (non-hydrogen) atoms. The van der Waals surface area contributed by atoms with E-state index >= 15 is 0 Å². The molecule has 0 aliphatic carbocycles. The number of hydrogen-bond acceptors (Lipinski definition) is 5. The molecule has 6 rings (SSSR count). The van der Waals surface area contributed by atoms with E-state index in [4.69, 9.17) is 0 Å². The maximum absolute atomic E-state index is 13.2. The highest BCUT2D eigenvalue weighted by molar-refractivity contribution is 6.02. The Balaban J connectivity index is 1.16. The van der Waals surface area contributed by atoms with Crippen LogP contribution in [0.4, 0.5) is 11.5 Å². The number of nitrogens with one attached hydrogen (secondary N) is 1. The van der Waals surface area contributed by atoms with Gasteiger partial charge in [0.25, 0.3) is 5.91 Å². The first-order valence-electron chi connectivity index (χ1n) is 13.4. The molecule has 0 unspecified atom stereocenters. The maximum Gasteiger partial charge on any atom is 0.253 e. The third-order valence-electron chi connectivity index (χ3n) is 7.92. The van der Waals surface area contributed by atoms with E-state index in [0.717, 1.165) is 53.9 Å². The van der Waals surface area contributed by atoms with Crippen LogP contribution in [-0.2, 0) is 11.3 Å². The van der Waals surface area contributed by atoms with Crippen LogP contribution in [0.1, 0.15) is 41.6 Å². The molecule has 0 radical (unpaired) electrons. The number of piperidine rings is 1. The number of nitrogens with zero attached hydrogens (tertiary/aromatic N) is 4. The molecule has 3 aromatic rings. The van der Waals surface area contributed by atoms with Crippen LogP contribution in [0.3, 0.4) is 0 Å². The number of amides is 2. The van der Waals surface area contributed by atoms with Crippen molar-refractivity contribution in [1.82, 2.24) is 14.8 Å². The number of aromatic nitrogens is 1. The van der Waals surface area contributed by atoms with Crippen LogP contribution in [0.15, 0.2) is 66.9 Å². The zero-order valence-electron chi connectivity index (χ0n) is 21.1. The highest BCUT2D eigenvalue weighted by atomic mass is 16.2. The first kappa shape index (κ1) is 23.7. The molecule has 3 aliphatic rings. The van der Waals surface area contributed by atoms with Crippen molar-refractivity contribution in [3.8, 4) is 11.1 Å². The number of likely N-dealkylation sites (tertiary alicyclic amines) is 2. The Morgan fingerprint density at radius 3 is 2.38 bits per heavy atom. The van der Waals surface area contributed by atoms with E-state index in [1.54, 1.807) is 4.90 Å². The second-order valence-electron chi connectivity index (χ2n) is 10.3. The topological polar surface area (TPSA) is 68.8 Å². The Bertz CT molecular complexity index is 1260. The molecule has 0 bridgehead atoms. The lowest BCUT2D eigenvalue weighted by Crippen LogP contribution is -2.45. The molecular weight excluding hydrogens is 462 g/mol. The minimum absolute atomic E-state index is 0.0183. The smallest absolute Gasteiger partial charge is 0.253 e. The zero-order valence-corrected chi connectivity index (χ0v) is 21.1. The number of pyridine rings is 1. The standard InChI is InChI=1S/C30H33N5O2/c36-28-20-32-29-27(35(28)21-22-6-2-1-3-7-22)18-25(19-31-29)23-8-10-24(11-9-23)30(37)34-16-12-26(13-17-34)33-14-4-5-15-33/h1-3,6-11,18-19,26H,4-5,12-17,20-21H2,(H,31,32). The van der Waals surface area contributed by atoms with Crippen molar-refractivity contribution in [2.75, 3.05) is 42.9 Å². The quantitative estimate of drug-likeness (QED) is 0.568. The van der Waals surface area contributed by atoms with E-state index in [2.05, 4.69) is 15.2 Å². The number of hydrogen-bond donors (Lipinski definition) is 1. The van der Waals surface area contributed by atoms with Crippen molar-refractivity contribution >= 4 is 23.3 Å². The van der Waals surface area contributed by atoms with Crippen LogP contribution < -0.4 is 10.2 Å². The number of rotatable bonds is 5. The van der Waals surface area contributed by atoms with E-state index in [-0.39, 0.29) is 18.4 Å². The second kappa shape index (κ2) is 10.3. The summed E-state index contributed by atoms with van der Waals surface area (Å²) in [5.41, 5.74) is 4.45. The first-order valence-corrected chi connectivity index (χ1v) is 13.4. The minimum atomic E-state index is 0.0183. The predicted molar refractivity (Wildman–Crippen MR) is 146 cm³/mol. The third-order valence-corrected chi connectivity index (χ3v) is 7.92. The summed E-state index contributed by atoms with van der Waals surface area (Å²) in [6.07, 6.45) is 6.57. The van der Waals surface area contributed by atoms with Crippen LogP contribution in [0, 0.1) is 0 Å². The third kappa shape index (κ3) is 4.96. The summed E-state index contributed by atoms with van der Waals surface area (Å²) in [6, 6.07) is 20.4. The van der Waals surface area contributed by atoms with E-state index in [9.17, 15) is 9.59 Å². The normalized spacial score (nSPS) is 18.5. The van der Waals surface area contributed by atoms with E-state index < -0.39 is 0 Å². The van der Waals surface area contributed by atoms with Gasteiger partial charge in [0.15, 0.2) is 5.82 Å². The van der Waals surface area contributed by atoms with Crippen LogP contribution in [0.5, 0.6) is 0 Å². The van der Waals surface area contributed by atoms with Gasteiger partial charge in [-0.2, -0.15) is 0 Å². The van der Waals surface area contributed by atoms with Gasteiger partial charge in [-0.15, -0.1) is 0 Å². The average Bonchev–Trinajstić information content (AvgIpc) is 3.50. The fraction of sp³-hybridized carbons (Fsp3) is 0.367. The lowest BCUT2D eigenvalue weighted by atomic mass is 10.0. The van der Waals surface area contributed by atoms with Crippen LogP contribution in [0.25, 0.3) is 11.1 Å². The molecule has 7 nitrogen and oxygen atoms in total. The summed E-state index contributed by atoms with van der Waals surface area (Å²) in [4.78, 5) is 36.9. The second-order valence-corrected chi connectivity index (χ2v) is 10.3. The molecule has 2 saturated heterocycles. The van der Waals surface area contributed by atoms with Gasteiger partial charge in [0.2, 0.25) is 5.91 Å².